The molecule has 2 heterocycles. The third-order valence-corrected chi connectivity index (χ3v) is 8.53. The van der Waals surface area contributed by atoms with Crippen LogP contribution in [0, 0.1) is 27.7 Å². The van der Waals surface area contributed by atoms with Crippen molar-refractivity contribution in [3.8, 4) is 5.75 Å². The van der Waals surface area contributed by atoms with Gasteiger partial charge in [-0.3, -0.25) is 0 Å². The van der Waals surface area contributed by atoms with Crippen LogP contribution in [0.15, 0.2) is 81.0 Å². The zero-order valence-corrected chi connectivity index (χ0v) is 22.8. The summed E-state index contributed by atoms with van der Waals surface area (Å²) in [5.41, 5.74) is 4.15. The number of aryl methyl sites for hydroxylation is 3. The molecule has 200 valence electrons. The van der Waals surface area contributed by atoms with Crippen molar-refractivity contribution in [2.75, 3.05) is 0 Å². The Balaban J connectivity index is 1.51. The molecule has 0 fully saturated rings. The minimum absolute atomic E-state index is 0.0410. The Morgan fingerprint density at radius 1 is 0.923 bits per heavy atom. The van der Waals surface area contributed by atoms with Crippen LogP contribution in [0.2, 0.25) is 0 Å². The van der Waals surface area contributed by atoms with E-state index in [9.17, 15) is 18.0 Å². The molecule has 0 amide bonds. The van der Waals surface area contributed by atoms with Gasteiger partial charge in [-0.15, -0.1) is 0 Å². The quantitative estimate of drug-likeness (QED) is 0.169. The molecular weight excluding hydrogens is 516 g/mol. The molecule has 0 unspecified atom stereocenters. The lowest BCUT2D eigenvalue weighted by molar-refractivity contribution is -0.136. The largest absolute Gasteiger partial charge is 0.425 e. The van der Waals surface area contributed by atoms with Crippen LogP contribution in [0.5, 0.6) is 5.75 Å². The van der Waals surface area contributed by atoms with Crippen molar-refractivity contribution >= 4 is 37.9 Å². The summed E-state index contributed by atoms with van der Waals surface area (Å²) in [6, 6.07) is 16.0. The van der Waals surface area contributed by atoms with Gasteiger partial charge in [0.2, 0.25) is 10.0 Å². The Morgan fingerprint density at radius 2 is 1.64 bits per heavy atom. The van der Waals surface area contributed by atoms with Crippen molar-refractivity contribution in [1.82, 2.24) is 9.71 Å². The predicted octanol–water partition coefficient (Wildman–Crippen LogP) is 5.00. The summed E-state index contributed by atoms with van der Waals surface area (Å²) in [5, 5.41) is 1.61. The molecule has 0 saturated heterocycles. The third-order valence-electron chi connectivity index (χ3n) is 7.05. The Kier molecular flexibility index (Phi) is 6.88. The number of hydrogen-bond acceptors (Lipinski definition) is 6. The minimum Gasteiger partial charge on any atom is -0.425 e. The summed E-state index contributed by atoms with van der Waals surface area (Å²) in [5.74, 6) is -0.609. The molecule has 0 spiro atoms. The number of para-hydroxylation sites is 1. The topological polar surface area (TPSA) is 118 Å². The number of carbonyl (C=O) groups is 1. The molecule has 0 bridgehead atoms. The molecule has 2 N–H and O–H groups in total. The normalized spacial score (nSPS) is 12.6. The van der Waals surface area contributed by atoms with E-state index in [2.05, 4.69) is 9.71 Å². The van der Waals surface area contributed by atoms with Gasteiger partial charge in [0.25, 0.3) is 0 Å². The maximum Gasteiger partial charge on any atom is 0.339 e. The number of hydrogen-bond donors (Lipinski definition) is 2. The Bertz CT molecular complexity index is 1890. The number of aromatic amines is 1. The van der Waals surface area contributed by atoms with Gasteiger partial charge in [0, 0.05) is 40.0 Å². The first kappa shape index (κ1) is 26.4. The maximum absolute atomic E-state index is 13.6. The molecule has 0 aliphatic carbocycles. The highest BCUT2D eigenvalue weighted by Crippen LogP contribution is 2.30. The fourth-order valence-electron chi connectivity index (χ4n) is 4.58. The van der Waals surface area contributed by atoms with Crippen LogP contribution in [-0.2, 0) is 21.2 Å². The first-order valence-corrected chi connectivity index (χ1v) is 13.9. The fourth-order valence-corrected chi connectivity index (χ4v) is 5.77. The molecule has 2 aromatic heterocycles. The highest BCUT2D eigenvalue weighted by molar-refractivity contribution is 7.89. The zero-order chi connectivity index (χ0) is 27.9. The van der Waals surface area contributed by atoms with E-state index in [1.165, 1.54) is 12.1 Å². The summed E-state index contributed by atoms with van der Waals surface area (Å²) in [6.07, 6.45) is 1.81. The van der Waals surface area contributed by atoms with E-state index < -0.39 is 27.7 Å². The first-order chi connectivity index (χ1) is 18.5. The van der Waals surface area contributed by atoms with Gasteiger partial charge in [0.05, 0.1) is 4.90 Å². The summed E-state index contributed by atoms with van der Waals surface area (Å²) in [6.45, 7) is 7.07. The Labute approximate surface area is 225 Å². The lowest BCUT2D eigenvalue weighted by Crippen LogP contribution is -2.44. The van der Waals surface area contributed by atoms with Crippen LogP contribution in [0.3, 0.4) is 0 Å². The van der Waals surface area contributed by atoms with E-state index in [-0.39, 0.29) is 17.1 Å². The smallest absolute Gasteiger partial charge is 0.339 e. The number of H-pyrrole nitrogens is 1. The average Bonchev–Trinajstić information content (AvgIpc) is 3.32. The molecule has 0 radical (unpaired) electrons. The van der Waals surface area contributed by atoms with Crippen molar-refractivity contribution in [1.29, 1.82) is 0 Å². The number of esters is 1. The van der Waals surface area contributed by atoms with Gasteiger partial charge in [-0.25, -0.2) is 18.0 Å². The van der Waals surface area contributed by atoms with Crippen LogP contribution in [0.4, 0.5) is 0 Å². The van der Waals surface area contributed by atoms with Gasteiger partial charge in [0.1, 0.15) is 17.4 Å². The molecule has 1 atom stereocenters. The van der Waals surface area contributed by atoms with Crippen LogP contribution in [-0.4, -0.2) is 25.4 Å². The van der Waals surface area contributed by atoms with Gasteiger partial charge < -0.3 is 14.1 Å². The molecular formula is C30H28N2O6S. The molecule has 0 saturated carbocycles. The summed E-state index contributed by atoms with van der Waals surface area (Å²) >= 11 is 0. The number of benzene rings is 3. The zero-order valence-electron chi connectivity index (χ0n) is 22.0. The standard InChI is InChI=1S/C30H28N2O6S/c1-17-9-11-22(12-10-17)39(35,36)32-26(15-21-16-31-25-8-6-5-7-24(21)25)30(34)37-27-14-13-23-18(2)19(3)29(33)38-28(23)20(27)4/h5-14,16,26,31-32H,15H2,1-4H3/t26-/m1/s1. The number of nitrogens with one attached hydrogen (secondary N) is 2. The molecule has 5 rings (SSSR count). The van der Waals surface area contributed by atoms with Crippen molar-refractivity contribution in [3.63, 3.8) is 0 Å². The van der Waals surface area contributed by atoms with Crippen LogP contribution in [0.25, 0.3) is 21.9 Å². The summed E-state index contributed by atoms with van der Waals surface area (Å²) in [4.78, 5) is 29.1. The van der Waals surface area contributed by atoms with Crippen LogP contribution >= 0.6 is 0 Å². The number of fused-ring (bicyclic) bond motifs is 2. The second-order valence-electron chi connectivity index (χ2n) is 9.68. The van der Waals surface area contributed by atoms with E-state index in [1.54, 1.807) is 44.3 Å². The predicted molar refractivity (Wildman–Crippen MR) is 150 cm³/mol. The molecule has 9 heteroatoms. The monoisotopic (exact) mass is 544 g/mol. The second-order valence-corrected chi connectivity index (χ2v) is 11.4. The number of aromatic nitrogens is 1. The van der Waals surface area contributed by atoms with Crippen LogP contribution < -0.4 is 15.1 Å². The number of carbonyl (C=O) groups excluding carboxylic acids is 1. The lowest BCUT2D eigenvalue weighted by Gasteiger charge is -2.19. The highest BCUT2D eigenvalue weighted by atomic mass is 32.2. The average molecular weight is 545 g/mol. The maximum atomic E-state index is 13.6. The van der Waals surface area contributed by atoms with Gasteiger partial charge in [-0.2, -0.15) is 4.72 Å². The Hall–Kier alpha value is -4.21. The summed E-state index contributed by atoms with van der Waals surface area (Å²) < 4.78 is 40.3. The van der Waals surface area contributed by atoms with Crippen molar-refractivity contribution in [3.05, 3.63) is 105 Å². The van der Waals surface area contributed by atoms with Crippen LogP contribution in [0.1, 0.15) is 27.8 Å². The van der Waals surface area contributed by atoms with Gasteiger partial charge in [-0.05, 0) is 69.2 Å². The molecule has 5 aromatic rings. The van der Waals surface area contributed by atoms with E-state index in [0.717, 1.165) is 33.0 Å². The summed E-state index contributed by atoms with van der Waals surface area (Å²) in [7, 11) is -4.05. The minimum atomic E-state index is -4.05. The van der Waals surface area contributed by atoms with Gasteiger partial charge in [-0.1, -0.05) is 35.9 Å². The highest BCUT2D eigenvalue weighted by Gasteiger charge is 2.29. The number of sulfonamides is 1. The SMILES string of the molecule is Cc1ccc(S(=O)(=O)N[C@H](Cc2c[nH]c3ccccc23)C(=O)Oc2ccc3c(C)c(C)c(=O)oc3c2C)cc1. The lowest BCUT2D eigenvalue weighted by atomic mass is 10.0. The fraction of sp³-hybridized carbons (Fsp3) is 0.200. The molecule has 3 aromatic carbocycles. The second kappa shape index (κ2) is 10.2. The van der Waals surface area contributed by atoms with E-state index in [4.69, 9.17) is 9.15 Å². The third kappa shape index (κ3) is 5.10. The van der Waals surface area contributed by atoms with Crippen molar-refractivity contribution < 1.29 is 22.4 Å². The van der Waals surface area contributed by atoms with Gasteiger partial charge in [0.15, 0.2) is 0 Å². The first-order valence-electron chi connectivity index (χ1n) is 12.4. The Morgan fingerprint density at radius 3 is 2.38 bits per heavy atom. The van der Waals surface area contributed by atoms with E-state index in [1.807, 2.05) is 38.1 Å². The molecule has 0 aliphatic heterocycles. The number of rotatable bonds is 7. The van der Waals surface area contributed by atoms with E-state index in [0.29, 0.717) is 16.7 Å². The number of ether oxygens (including phenoxy) is 1. The van der Waals surface area contributed by atoms with E-state index >= 15 is 0 Å². The molecule has 39 heavy (non-hydrogen) atoms. The van der Waals surface area contributed by atoms with Crippen molar-refractivity contribution in [2.24, 2.45) is 0 Å². The van der Waals surface area contributed by atoms with Gasteiger partial charge >= 0.3 is 11.6 Å². The molecule has 0 aliphatic rings. The molecule has 8 nitrogen and oxygen atoms in total. The van der Waals surface area contributed by atoms with Crippen molar-refractivity contribution in [2.45, 2.75) is 45.1 Å².